The van der Waals surface area contributed by atoms with Gasteiger partial charge in [-0.1, -0.05) is 117 Å². The summed E-state index contributed by atoms with van der Waals surface area (Å²) in [6.07, 6.45) is 23.0. The van der Waals surface area contributed by atoms with Crippen LogP contribution in [0.15, 0.2) is 0 Å². The average Bonchev–Trinajstić information content (AvgIpc) is 2.65. The topological polar surface area (TPSA) is 74.6 Å². The molecule has 4 heteroatoms. The minimum Gasteiger partial charge on any atom is -0.481 e. The second kappa shape index (κ2) is 25.9. The first-order valence-corrected chi connectivity index (χ1v) is 12.0. The minimum atomic E-state index is -0.659. The summed E-state index contributed by atoms with van der Waals surface area (Å²) in [6, 6.07) is 0. The molecule has 0 aliphatic carbocycles. The van der Waals surface area contributed by atoms with E-state index in [4.69, 9.17) is 10.2 Å². The molecule has 0 fully saturated rings. The van der Waals surface area contributed by atoms with Gasteiger partial charge in [-0.25, -0.2) is 0 Å². The first kappa shape index (κ1) is 29.1. The van der Waals surface area contributed by atoms with Gasteiger partial charge in [0.05, 0.1) is 0 Å². The van der Waals surface area contributed by atoms with Crippen LogP contribution < -0.4 is 0 Å². The van der Waals surface area contributed by atoms with Crippen LogP contribution in [0, 0.1) is 0 Å². The number of hydrogen-bond acceptors (Lipinski definition) is 2. The summed E-state index contributed by atoms with van der Waals surface area (Å²) in [5.41, 5.74) is 0. The maximum atomic E-state index is 10.2. The Morgan fingerprint density at radius 1 is 0.429 bits per heavy atom. The fourth-order valence-electron chi connectivity index (χ4n) is 3.17. The Morgan fingerprint density at radius 3 is 0.857 bits per heavy atom. The molecular weight excluding hydrogens is 352 g/mol. The van der Waals surface area contributed by atoms with E-state index in [1.807, 2.05) is 0 Å². The molecule has 168 valence electrons. The van der Waals surface area contributed by atoms with Crippen molar-refractivity contribution in [2.75, 3.05) is 0 Å². The lowest BCUT2D eigenvalue weighted by atomic mass is 10.1. The van der Waals surface area contributed by atoms with E-state index in [-0.39, 0.29) is 0 Å². The van der Waals surface area contributed by atoms with Crippen molar-refractivity contribution in [3.8, 4) is 0 Å². The van der Waals surface area contributed by atoms with Gasteiger partial charge in [0.25, 0.3) is 0 Å². The fourth-order valence-corrected chi connectivity index (χ4v) is 3.17. The Balaban J connectivity index is 0. The molecule has 0 unspecified atom stereocenters. The summed E-state index contributed by atoms with van der Waals surface area (Å²) in [7, 11) is 0. The van der Waals surface area contributed by atoms with Crippen molar-refractivity contribution in [2.45, 2.75) is 142 Å². The third-order valence-electron chi connectivity index (χ3n) is 4.99. The summed E-state index contributed by atoms with van der Waals surface area (Å²) in [6.45, 7) is 4.46. The number of rotatable bonds is 20. The second-order valence-corrected chi connectivity index (χ2v) is 7.94. The molecule has 0 spiro atoms. The molecule has 0 heterocycles. The molecule has 2 N–H and O–H groups in total. The zero-order valence-corrected chi connectivity index (χ0v) is 18.9. The molecule has 0 atom stereocenters. The quantitative estimate of drug-likeness (QED) is 0.203. The number of hydrogen-bond donors (Lipinski definition) is 2. The Morgan fingerprint density at radius 2 is 0.643 bits per heavy atom. The van der Waals surface area contributed by atoms with Crippen molar-refractivity contribution in [1.82, 2.24) is 0 Å². The smallest absolute Gasteiger partial charge is 0.303 e. The second-order valence-electron chi connectivity index (χ2n) is 7.94. The summed E-state index contributed by atoms with van der Waals surface area (Å²) >= 11 is 0. The van der Waals surface area contributed by atoms with Gasteiger partial charge >= 0.3 is 11.9 Å². The first-order valence-electron chi connectivity index (χ1n) is 12.0. The monoisotopic (exact) mass is 400 g/mol. The van der Waals surface area contributed by atoms with Crippen molar-refractivity contribution >= 4 is 11.9 Å². The van der Waals surface area contributed by atoms with E-state index < -0.39 is 11.9 Å². The number of unbranched alkanes of at least 4 members (excludes halogenated alkanes) is 16. The van der Waals surface area contributed by atoms with Crippen molar-refractivity contribution in [3.63, 3.8) is 0 Å². The molecule has 0 aliphatic heterocycles. The molecule has 0 aliphatic rings. The molecule has 0 radical (unpaired) electrons. The van der Waals surface area contributed by atoms with E-state index in [2.05, 4.69) is 13.8 Å². The molecule has 0 rings (SSSR count). The molecular formula is C24H48O4. The molecule has 4 nitrogen and oxygen atoms in total. The summed E-state index contributed by atoms with van der Waals surface area (Å²) in [5, 5.41) is 16.8. The molecule has 0 saturated carbocycles. The predicted molar refractivity (Wildman–Crippen MR) is 119 cm³/mol. The molecule has 0 aromatic carbocycles. The summed E-state index contributed by atoms with van der Waals surface area (Å²) < 4.78 is 0. The first-order chi connectivity index (χ1) is 13.5. The van der Waals surface area contributed by atoms with E-state index in [0.29, 0.717) is 12.8 Å². The highest BCUT2D eigenvalue weighted by Crippen LogP contribution is 2.11. The zero-order chi connectivity index (χ0) is 21.3. The number of aliphatic carboxylic acids is 2. The van der Waals surface area contributed by atoms with Crippen molar-refractivity contribution in [1.29, 1.82) is 0 Å². The Labute approximate surface area is 174 Å². The SMILES string of the molecule is CCCCCCCCCCCC(=O)O.CCCCCCCCCCCC(=O)O. The summed E-state index contributed by atoms with van der Waals surface area (Å²) in [5.74, 6) is -1.32. The minimum absolute atomic E-state index is 0.343. The number of carbonyl (C=O) groups is 2. The lowest BCUT2D eigenvalue weighted by Gasteiger charge is -2.00. The normalized spacial score (nSPS) is 10.4. The van der Waals surface area contributed by atoms with Crippen molar-refractivity contribution in [2.24, 2.45) is 0 Å². The average molecular weight is 401 g/mol. The lowest BCUT2D eigenvalue weighted by molar-refractivity contribution is -0.138. The number of carboxylic acids is 2. The van der Waals surface area contributed by atoms with Gasteiger partial charge in [-0.2, -0.15) is 0 Å². The highest BCUT2D eigenvalue weighted by atomic mass is 16.4. The van der Waals surface area contributed by atoms with E-state index >= 15 is 0 Å². The molecule has 0 amide bonds. The molecule has 0 aromatic heterocycles. The van der Waals surface area contributed by atoms with Gasteiger partial charge in [0, 0.05) is 12.8 Å². The van der Waals surface area contributed by atoms with Crippen LogP contribution in [-0.2, 0) is 9.59 Å². The maximum absolute atomic E-state index is 10.2. The zero-order valence-electron chi connectivity index (χ0n) is 18.9. The number of carboxylic acid groups (broad SMARTS) is 2. The van der Waals surface area contributed by atoms with E-state index in [1.54, 1.807) is 0 Å². The largest absolute Gasteiger partial charge is 0.481 e. The van der Waals surface area contributed by atoms with Crippen LogP contribution in [0.4, 0.5) is 0 Å². The molecule has 0 bridgehead atoms. The van der Waals surface area contributed by atoms with Crippen LogP contribution in [0.2, 0.25) is 0 Å². The molecule has 28 heavy (non-hydrogen) atoms. The van der Waals surface area contributed by atoms with Gasteiger partial charge in [-0.15, -0.1) is 0 Å². The van der Waals surface area contributed by atoms with Gasteiger partial charge in [-0.05, 0) is 12.8 Å². The van der Waals surface area contributed by atoms with Gasteiger partial charge in [-0.3, -0.25) is 9.59 Å². The van der Waals surface area contributed by atoms with Crippen molar-refractivity contribution < 1.29 is 19.8 Å². The Kier molecular flexibility index (Phi) is 27.0. The molecule has 0 saturated heterocycles. The van der Waals surface area contributed by atoms with E-state index in [9.17, 15) is 9.59 Å². The standard InChI is InChI=1S/2C12H24O2/c2*1-2-3-4-5-6-7-8-9-10-11-12(13)14/h2*2-11H2,1H3,(H,13,14). The van der Waals surface area contributed by atoms with Gasteiger partial charge in [0.15, 0.2) is 0 Å². The van der Waals surface area contributed by atoms with E-state index in [1.165, 1.54) is 89.9 Å². The van der Waals surface area contributed by atoms with Crippen molar-refractivity contribution in [3.05, 3.63) is 0 Å². The lowest BCUT2D eigenvalue weighted by Crippen LogP contribution is -1.93. The highest BCUT2D eigenvalue weighted by Gasteiger charge is 1.97. The highest BCUT2D eigenvalue weighted by molar-refractivity contribution is 5.66. The van der Waals surface area contributed by atoms with Gasteiger partial charge < -0.3 is 10.2 Å². The van der Waals surface area contributed by atoms with Crippen LogP contribution in [-0.4, -0.2) is 22.2 Å². The van der Waals surface area contributed by atoms with Crippen LogP contribution in [0.5, 0.6) is 0 Å². The Bertz CT molecular complexity index is 297. The predicted octanol–water partition coefficient (Wildman–Crippen LogP) is 7.98. The van der Waals surface area contributed by atoms with Crippen LogP contribution in [0.25, 0.3) is 0 Å². The van der Waals surface area contributed by atoms with Gasteiger partial charge in [0.2, 0.25) is 0 Å². The van der Waals surface area contributed by atoms with E-state index in [0.717, 1.165) is 25.7 Å². The third kappa shape index (κ3) is 32.6. The van der Waals surface area contributed by atoms with Crippen LogP contribution in [0.3, 0.4) is 0 Å². The Hall–Kier alpha value is -1.06. The molecule has 0 aromatic rings. The maximum Gasteiger partial charge on any atom is 0.303 e. The van der Waals surface area contributed by atoms with Gasteiger partial charge in [0.1, 0.15) is 0 Å². The van der Waals surface area contributed by atoms with Crippen LogP contribution in [0.1, 0.15) is 142 Å². The fraction of sp³-hybridized carbons (Fsp3) is 0.917. The van der Waals surface area contributed by atoms with Crippen LogP contribution >= 0.6 is 0 Å². The summed E-state index contributed by atoms with van der Waals surface area (Å²) in [4.78, 5) is 20.4. The third-order valence-corrected chi connectivity index (χ3v) is 4.99.